The molecule has 106 valence electrons. The fourth-order valence-corrected chi connectivity index (χ4v) is 2.21. The summed E-state index contributed by atoms with van der Waals surface area (Å²) in [5.74, 6) is 2.05. The van der Waals surface area contributed by atoms with Gasteiger partial charge in [0, 0.05) is 5.92 Å². The van der Waals surface area contributed by atoms with Crippen LogP contribution in [0, 0.1) is 0 Å². The Balaban J connectivity index is 1.62. The molecule has 2 aromatic rings. The summed E-state index contributed by atoms with van der Waals surface area (Å²) in [5, 5.41) is 8.83. The number of sulfonamides is 1. The van der Waals surface area contributed by atoms with E-state index in [4.69, 9.17) is 14.4 Å². The van der Waals surface area contributed by atoms with Crippen molar-refractivity contribution in [1.82, 2.24) is 10.1 Å². The maximum Gasteiger partial charge on any atom is 0.238 e. The summed E-state index contributed by atoms with van der Waals surface area (Å²) in [6, 6.07) is 5.83. The van der Waals surface area contributed by atoms with Crippen LogP contribution in [0.3, 0.4) is 0 Å². The third-order valence-electron chi connectivity index (χ3n) is 2.93. The minimum Gasteiger partial charge on any atom is -0.485 e. The Labute approximate surface area is 115 Å². The first-order chi connectivity index (χ1) is 9.52. The molecule has 1 aliphatic rings. The van der Waals surface area contributed by atoms with Gasteiger partial charge in [0.2, 0.25) is 21.7 Å². The Bertz CT molecular complexity index is 705. The number of rotatable bonds is 5. The van der Waals surface area contributed by atoms with Crippen LogP contribution in [0.25, 0.3) is 0 Å². The zero-order valence-electron chi connectivity index (χ0n) is 10.5. The number of hydrogen-bond acceptors (Lipinski definition) is 6. The molecule has 0 atom stereocenters. The van der Waals surface area contributed by atoms with E-state index in [1.54, 1.807) is 0 Å². The van der Waals surface area contributed by atoms with Gasteiger partial charge in [-0.3, -0.25) is 0 Å². The molecule has 0 amide bonds. The molecule has 0 unspecified atom stereocenters. The zero-order valence-corrected chi connectivity index (χ0v) is 11.3. The molecule has 8 heteroatoms. The second kappa shape index (κ2) is 4.88. The highest BCUT2D eigenvalue weighted by Gasteiger charge is 2.29. The molecule has 1 heterocycles. The molecule has 1 aromatic heterocycles. The number of hydrogen-bond donors (Lipinski definition) is 1. The lowest BCUT2D eigenvalue weighted by Crippen LogP contribution is -2.11. The summed E-state index contributed by atoms with van der Waals surface area (Å²) < 4.78 is 32.8. The fraction of sp³-hybridized carbons (Fsp3) is 0.333. The van der Waals surface area contributed by atoms with E-state index in [0.717, 1.165) is 12.8 Å². The molecule has 1 aliphatic carbocycles. The van der Waals surface area contributed by atoms with Crippen LogP contribution in [0.4, 0.5) is 0 Å². The highest BCUT2D eigenvalue weighted by molar-refractivity contribution is 7.89. The van der Waals surface area contributed by atoms with Gasteiger partial charge in [0.15, 0.2) is 6.61 Å². The topological polar surface area (TPSA) is 108 Å². The molecule has 20 heavy (non-hydrogen) atoms. The van der Waals surface area contributed by atoms with Crippen molar-refractivity contribution < 1.29 is 17.7 Å². The van der Waals surface area contributed by atoms with E-state index in [9.17, 15) is 8.42 Å². The van der Waals surface area contributed by atoms with Gasteiger partial charge in [-0.2, -0.15) is 4.98 Å². The van der Waals surface area contributed by atoms with E-state index in [1.165, 1.54) is 24.3 Å². The normalized spacial score (nSPS) is 15.2. The van der Waals surface area contributed by atoms with Gasteiger partial charge in [0.05, 0.1) is 4.90 Å². The van der Waals surface area contributed by atoms with Crippen molar-refractivity contribution in [2.24, 2.45) is 5.14 Å². The van der Waals surface area contributed by atoms with Gasteiger partial charge >= 0.3 is 0 Å². The summed E-state index contributed by atoms with van der Waals surface area (Å²) in [5.41, 5.74) is 0. The largest absolute Gasteiger partial charge is 0.485 e. The highest BCUT2D eigenvalue weighted by Crippen LogP contribution is 2.38. The van der Waals surface area contributed by atoms with Crippen LogP contribution in [0.1, 0.15) is 30.5 Å². The van der Waals surface area contributed by atoms with Gasteiger partial charge in [0.1, 0.15) is 5.75 Å². The van der Waals surface area contributed by atoms with Crippen molar-refractivity contribution in [2.75, 3.05) is 0 Å². The van der Waals surface area contributed by atoms with E-state index >= 15 is 0 Å². The fourth-order valence-electron chi connectivity index (χ4n) is 1.70. The molecule has 0 saturated heterocycles. The van der Waals surface area contributed by atoms with E-state index in [0.29, 0.717) is 23.4 Å². The molecule has 1 aromatic carbocycles. The maximum atomic E-state index is 11.1. The molecule has 1 fully saturated rings. The van der Waals surface area contributed by atoms with Crippen molar-refractivity contribution >= 4 is 10.0 Å². The number of nitrogens with two attached hydrogens (primary N) is 1. The predicted octanol–water partition coefficient (Wildman–Crippen LogP) is 1.17. The third-order valence-corrected chi connectivity index (χ3v) is 3.86. The van der Waals surface area contributed by atoms with Gasteiger partial charge in [-0.1, -0.05) is 5.16 Å². The zero-order chi connectivity index (χ0) is 14.2. The highest BCUT2D eigenvalue weighted by atomic mass is 32.2. The maximum absolute atomic E-state index is 11.1. The van der Waals surface area contributed by atoms with Gasteiger partial charge < -0.3 is 9.26 Å². The Kier molecular flexibility index (Phi) is 3.19. The average molecular weight is 295 g/mol. The molecule has 1 saturated carbocycles. The van der Waals surface area contributed by atoms with E-state index in [1.807, 2.05) is 0 Å². The predicted molar refractivity (Wildman–Crippen MR) is 68.4 cm³/mol. The van der Waals surface area contributed by atoms with Gasteiger partial charge in [-0.05, 0) is 37.1 Å². The first-order valence-corrected chi connectivity index (χ1v) is 7.65. The second-order valence-electron chi connectivity index (χ2n) is 4.63. The summed E-state index contributed by atoms with van der Waals surface area (Å²) >= 11 is 0. The van der Waals surface area contributed by atoms with Gasteiger partial charge in [-0.25, -0.2) is 13.6 Å². The lowest BCUT2D eigenvalue weighted by Gasteiger charge is -2.03. The molecule has 0 bridgehead atoms. The van der Waals surface area contributed by atoms with Gasteiger partial charge in [-0.15, -0.1) is 0 Å². The average Bonchev–Trinajstić information content (AvgIpc) is 3.15. The lowest BCUT2D eigenvalue weighted by molar-refractivity contribution is 0.285. The number of benzene rings is 1. The number of aromatic nitrogens is 2. The minimum absolute atomic E-state index is 0.0421. The van der Waals surface area contributed by atoms with E-state index in [2.05, 4.69) is 10.1 Å². The van der Waals surface area contributed by atoms with Crippen molar-refractivity contribution in [3.63, 3.8) is 0 Å². The molecule has 0 radical (unpaired) electrons. The Morgan fingerprint density at radius 3 is 2.60 bits per heavy atom. The van der Waals surface area contributed by atoms with Crippen LogP contribution < -0.4 is 9.88 Å². The van der Waals surface area contributed by atoms with Crippen molar-refractivity contribution in [1.29, 1.82) is 0 Å². The van der Waals surface area contributed by atoms with Crippen LogP contribution in [0.2, 0.25) is 0 Å². The molecular weight excluding hydrogens is 282 g/mol. The minimum atomic E-state index is -3.68. The molecule has 3 rings (SSSR count). The quantitative estimate of drug-likeness (QED) is 0.887. The molecule has 0 aliphatic heterocycles. The van der Waals surface area contributed by atoms with Crippen LogP contribution in [0.15, 0.2) is 33.7 Å². The summed E-state index contributed by atoms with van der Waals surface area (Å²) in [7, 11) is -3.68. The first-order valence-electron chi connectivity index (χ1n) is 6.10. The van der Waals surface area contributed by atoms with Crippen LogP contribution >= 0.6 is 0 Å². The van der Waals surface area contributed by atoms with Crippen LogP contribution in [-0.2, 0) is 16.6 Å². The molecule has 0 spiro atoms. The van der Waals surface area contributed by atoms with Crippen molar-refractivity contribution in [2.45, 2.75) is 30.3 Å². The second-order valence-corrected chi connectivity index (χ2v) is 6.19. The number of ether oxygens (including phenoxy) is 1. The number of nitrogens with zero attached hydrogens (tertiary/aromatic N) is 2. The first kappa shape index (κ1) is 13.1. The summed E-state index contributed by atoms with van der Waals surface area (Å²) in [6.07, 6.45) is 2.19. The van der Waals surface area contributed by atoms with Crippen LogP contribution in [-0.4, -0.2) is 18.6 Å². The van der Waals surface area contributed by atoms with E-state index in [-0.39, 0.29) is 11.5 Å². The Morgan fingerprint density at radius 1 is 1.30 bits per heavy atom. The Hall–Kier alpha value is -1.93. The number of primary sulfonamides is 1. The molecule has 2 N–H and O–H groups in total. The van der Waals surface area contributed by atoms with E-state index < -0.39 is 10.0 Å². The molecule has 7 nitrogen and oxygen atoms in total. The molecular formula is C12H13N3O4S. The smallest absolute Gasteiger partial charge is 0.238 e. The van der Waals surface area contributed by atoms with Crippen molar-refractivity contribution in [3.05, 3.63) is 36.0 Å². The summed E-state index contributed by atoms with van der Waals surface area (Å²) in [4.78, 5) is 4.27. The lowest BCUT2D eigenvalue weighted by atomic mass is 10.3. The van der Waals surface area contributed by atoms with Crippen molar-refractivity contribution in [3.8, 4) is 5.75 Å². The summed E-state index contributed by atoms with van der Waals surface area (Å²) in [6.45, 7) is 0.172. The Morgan fingerprint density at radius 2 is 2.00 bits per heavy atom. The monoisotopic (exact) mass is 295 g/mol. The SMILES string of the molecule is NS(=O)(=O)c1ccc(OCc2noc(C3CC3)n2)cc1. The van der Waals surface area contributed by atoms with Gasteiger partial charge in [0.25, 0.3) is 0 Å². The third kappa shape index (κ3) is 2.97. The standard InChI is InChI=1S/C12H13N3O4S/c13-20(16,17)10-5-3-9(4-6-10)18-7-11-14-12(19-15-11)8-1-2-8/h3-6,8H,1-2,7H2,(H2,13,16,17). The van der Waals surface area contributed by atoms with Crippen LogP contribution in [0.5, 0.6) is 5.75 Å².